The Bertz CT molecular complexity index is 1040. The van der Waals surface area contributed by atoms with Crippen LogP contribution in [0.15, 0.2) is 35.5 Å². The number of amides is 1. The molecule has 5 nitrogen and oxygen atoms in total. The highest BCUT2D eigenvalue weighted by Crippen LogP contribution is 2.43. The van der Waals surface area contributed by atoms with Gasteiger partial charge in [-0.1, -0.05) is 20.8 Å². The Labute approximate surface area is 215 Å². The van der Waals surface area contributed by atoms with E-state index in [1.807, 2.05) is 24.4 Å². The lowest BCUT2D eigenvalue weighted by Gasteiger charge is -2.35. The van der Waals surface area contributed by atoms with Gasteiger partial charge in [-0.3, -0.25) is 19.7 Å². The minimum absolute atomic E-state index is 0.112. The summed E-state index contributed by atoms with van der Waals surface area (Å²) in [6, 6.07) is 5.96. The minimum atomic E-state index is -4.08. The van der Waals surface area contributed by atoms with Crippen molar-refractivity contribution >= 4 is 17.7 Å². The van der Waals surface area contributed by atoms with Crippen LogP contribution in [0, 0.1) is 17.8 Å². The average Bonchev–Trinajstić information content (AvgIpc) is 3.20. The lowest BCUT2D eigenvalue weighted by Crippen LogP contribution is -2.35. The molecule has 2 aromatic heterocycles. The molecule has 1 saturated carbocycles. The Morgan fingerprint density at radius 2 is 1.92 bits per heavy atom. The van der Waals surface area contributed by atoms with E-state index in [2.05, 4.69) is 41.0 Å². The molecule has 0 saturated heterocycles. The van der Waals surface area contributed by atoms with Crippen molar-refractivity contribution in [2.75, 3.05) is 12.3 Å². The molecule has 4 rings (SSSR count). The fraction of sp³-hybridized carbons (Fsp3) is 0.593. The van der Waals surface area contributed by atoms with Crippen LogP contribution in [0.2, 0.25) is 0 Å². The molecule has 36 heavy (non-hydrogen) atoms. The lowest BCUT2D eigenvalue weighted by atomic mass is 9.81. The number of rotatable bonds is 8. The van der Waals surface area contributed by atoms with Crippen LogP contribution >= 0.6 is 11.8 Å². The van der Waals surface area contributed by atoms with E-state index in [0.717, 1.165) is 34.1 Å². The summed E-state index contributed by atoms with van der Waals surface area (Å²) in [6.07, 6.45) is 1.03. The number of nitrogens with one attached hydrogen (secondary N) is 1. The fourth-order valence-corrected chi connectivity index (χ4v) is 6.11. The second-order valence-corrected chi connectivity index (χ2v) is 11.6. The standard InChI is InChI=1S/C27H35F3N4OS/c1-4-36-23-10-9-22(31-14-23)13-33-26(35)19-11-20-16-34(25(17(2)3)24(20)32-12-19)15-18-5-7-21(8-6-18)27(28,29)30/h9-12,14,17-18,21,25H,4-8,13,15-16H2,1-3H3,(H,33,35)/t18?,21?,25-/m0/s1. The van der Waals surface area contributed by atoms with Crippen LogP contribution in [-0.4, -0.2) is 39.2 Å². The molecule has 0 unspecified atom stereocenters. The van der Waals surface area contributed by atoms with Crippen LogP contribution < -0.4 is 5.32 Å². The number of carbonyl (C=O) groups excluding carboxylic acids is 1. The molecular weight excluding hydrogens is 485 g/mol. The van der Waals surface area contributed by atoms with Crippen molar-refractivity contribution in [3.05, 3.63) is 53.1 Å². The number of aromatic nitrogens is 2. The van der Waals surface area contributed by atoms with Gasteiger partial charge in [-0.15, -0.1) is 11.8 Å². The first-order valence-electron chi connectivity index (χ1n) is 12.8. The third-order valence-electron chi connectivity index (χ3n) is 7.28. The number of hydrogen-bond donors (Lipinski definition) is 1. The van der Waals surface area contributed by atoms with E-state index in [-0.39, 0.29) is 30.7 Å². The second-order valence-electron chi connectivity index (χ2n) is 10.2. The topological polar surface area (TPSA) is 58.1 Å². The molecule has 9 heteroatoms. The predicted molar refractivity (Wildman–Crippen MR) is 136 cm³/mol. The van der Waals surface area contributed by atoms with Gasteiger partial charge in [0.25, 0.3) is 5.91 Å². The Morgan fingerprint density at radius 3 is 2.53 bits per heavy atom. The van der Waals surface area contributed by atoms with E-state index in [1.54, 1.807) is 18.0 Å². The van der Waals surface area contributed by atoms with Gasteiger partial charge >= 0.3 is 6.18 Å². The molecule has 1 amide bonds. The van der Waals surface area contributed by atoms with Gasteiger partial charge in [0, 0.05) is 30.4 Å². The normalized spacial score (nSPS) is 22.6. The lowest BCUT2D eigenvalue weighted by molar-refractivity contribution is -0.184. The summed E-state index contributed by atoms with van der Waals surface area (Å²) < 4.78 is 39.2. The van der Waals surface area contributed by atoms with Gasteiger partial charge in [-0.2, -0.15) is 13.2 Å². The summed E-state index contributed by atoms with van der Waals surface area (Å²) in [5.41, 5.74) is 3.33. The van der Waals surface area contributed by atoms with Crippen LogP contribution in [0.4, 0.5) is 13.2 Å². The van der Waals surface area contributed by atoms with E-state index in [4.69, 9.17) is 0 Å². The van der Waals surface area contributed by atoms with Crippen molar-refractivity contribution in [1.29, 1.82) is 0 Å². The summed E-state index contributed by atoms with van der Waals surface area (Å²) in [5, 5.41) is 2.93. The van der Waals surface area contributed by atoms with Gasteiger partial charge in [0.1, 0.15) is 0 Å². The van der Waals surface area contributed by atoms with Gasteiger partial charge in [-0.05, 0) is 67.0 Å². The fourth-order valence-electron chi connectivity index (χ4n) is 5.49. The molecule has 2 aliphatic rings. The predicted octanol–water partition coefficient (Wildman–Crippen LogP) is 6.40. The molecule has 1 atom stereocenters. The Kier molecular flexibility index (Phi) is 8.60. The molecule has 1 aliphatic heterocycles. The molecule has 196 valence electrons. The van der Waals surface area contributed by atoms with Crippen molar-refractivity contribution in [1.82, 2.24) is 20.2 Å². The van der Waals surface area contributed by atoms with Crippen molar-refractivity contribution in [3.63, 3.8) is 0 Å². The average molecular weight is 521 g/mol. The highest BCUT2D eigenvalue weighted by Gasteiger charge is 2.42. The van der Waals surface area contributed by atoms with Gasteiger partial charge in [0.2, 0.25) is 0 Å². The van der Waals surface area contributed by atoms with E-state index >= 15 is 0 Å². The molecule has 1 aliphatic carbocycles. The monoisotopic (exact) mass is 520 g/mol. The van der Waals surface area contributed by atoms with Gasteiger partial charge in [0.15, 0.2) is 0 Å². The summed E-state index contributed by atoms with van der Waals surface area (Å²) >= 11 is 1.72. The van der Waals surface area contributed by atoms with Crippen molar-refractivity contribution in [2.45, 2.75) is 76.7 Å². The van der Waals surface area contributed by atoms with E-state index in [9.17, 15) is 18.0 Å². The Morgan fingerprint density at radius 1 is 1.17 bits per heavy atom. The van der Waals surface area contributed by atoms with Gasteiger partial charge in [0.05, 0.1) is 35.5 Å². The molecule has 2 aromatic rings. The van der Waals surface area contributed by atoms with Crippen LogP contribution in [0.3, 0.4) is 0 Å². The second kappa shape index (κ2) is 11.5. The summed E-state index contributed by atoms with van der Waals surface area (Å²) in [4.78, 5) is 25.4. The van der Waals surface area contributed by atoms with E-state index in [1.165, 1.54) is 0 Å². The highest BCUT2D eigenvalue weighted by atomic mass is 32.2. The molecule has 0 aromatic carbocycles. The zero-order chi connectivity index (χ0) is 25.9. The number of thioether (sulfide) groups is 1. The van der Waals surface area contributed by atoms with Crippen LogP contribution in [0.1, 0.15) is 79.8 Å². The number of carbonyl (C=O) groups is 1. The summed E-state index contributed by atoms with van der Waals surface area (Å²) in [6.45, 7) is 8.16. The van der Waals surface area contributed by atoms with Crippen molar-refractivity contribution in [3.8, 4) is 0 Å². The molecule has 1 N–H and O–H groups in total. The van der Waals surface area contributed by atoms with Crippen molar-refractivity contribution in [2.24, 2.45) is 17.8 Å². The third kappa shape index (κ3) is 6.40. The first kappa shape index (κ1) is 26.9. The highest BCUT2D eigenvalue weighted by molar-refractivity contribution is 7.99. The summed E-state index contributed by atoms with van der Waals surface area (Å²) in [7, 11) is 0. The van der Waals surface area contributed by atoms with Crippen LogP contribution in [0.25, 0.3) is 0 Å². The van der Waals surface area contributed by atoms with Crippen LogP contribution in [0.5, 0.6) is 0 Å². The zero-order valence-corrected chi connectivity index (χ0v) is 22.0. The maximum atomic E-state index is 13.1. The Balaban J connectivity index is 1.37. The number of halogens is 3. The van der Waals surface area contributed by atoms with Gasteiger partial charge < -0.3 is 5.32 Å². The number of pyridine rings is 2. The summed E-state index contributed by atoms with van der Waals surface area (Å²) in [5.74, 6) is 0.208. The Hall–Kier alpha value is -2.13. The number of fused-ring (bicyclic) bond motifs is 1. The molecule has 1 fully saturated rings. The SMILES string of the molecule is CCSc1ccc(CNC(=O)c2cnc3c(c2)CN(CC2CCC(C(F)(F)F)CC2)[C@H]3C(C)C)nc1. The number of nitrogens with zero attached hydrogens (tertiary/aromatic N) is 3. The molecule has 0 bridgehead atoms. The first-order valence-corrected chi connectivity index (χ1v) is 13.8. The maximum absolute atomic E-state index is 13.1. The molecule has 3 heterocycles. The number of hydrogen-bond acceptors (Lipinski definition) is 5. The molecular formula is C27H35F3N4OS. The smallest absolute Gasteiger partial charge is 0.346 e. The largest absolute Gasteiger partial charge is 0.391 e. The van der Waals surface area contributed by atoms with Gasteiger partial charge in [-0.25, -0.2) is 0 Å². The van der Waals surface area contributed by atoms with Crippen molar-refractivity contribution < 1.29 is 18.0 Å². The van der Waals surface area contributed by atoms with E-state index in [0.29, 0.717) is 37.4 Å². The minimum Gasteiger partial charge on any atom is -0.346 e. The maximum Gasteiger partial charge on any atom is 0.391 e. The van der Waals surface area contributed by atoms with Crippen LogP contribution in [-0.2, 0) is 13.1 Å². The first-order chi connectivity index (χ1) is 17.2. The molecule has 0 spiro atoms. The number of alkyl halides is 3. The van der Waals surface area contributed by atoms with E-state index < -0.39 is 12.1 Å². The quantitative estimate of drug-likeness (QED) is 0.408. The third-order valence-corrected chi connectivity index (χ3v) is 8.15. The zero-order valence-electron chi connectivity index (χ0n) is 21.1. The molecule has 0 radical (unpaired) electrons.